The summed E-state index contributed by atoms with van der Waals surface area (Å²) < 4.78 is 2.09. The number of fused-ring (bicyclic) bond motifs is 1. The topological polar surface area (TPSA) is 63.1 Å². The molecule has 122 valence electrons. The van der Waals surface area contributed by atoms with Gasteiger partial charge >= 0.3 is 0 Å². The van der Waals surface area contributed by atoms with Crippen LogP contribution in [0.3, 0.4) is 0 Å². The summed E-state index contributed by atoms with van der Waals surface area (Å²) in [6, 6.07) is 3.80. The van der Waals surface area contributed by atoms with Crippen LogP contribution in [0.2, 0.25) is 0 Å². The predicted octanol–water partition coefficient (Wildman–Crippen LogP) is 1.68. The Bertz CT molecular complexity index is 665. The summed E-state index contributed by atoms with van der Waals surface area (Å²) in [6.45, 7) is 8.69. The lowest BCUT2D eigenvalue weighted by Gasteiger charge is -2.28. The van der Waals surface area contributed by atoms with Gasteiger partial charge in [-0.25, -0.2) is 4.98 Å². The first kappa shape index (κ1) is 15.7. The van der Waals surface area contributed by atoms with Crippen LogP contribution in [-0.4, -0.2) is 38.4 Å². The van der Waals surface area contributed by atoms with Crippen LogP contribution in [0.15, 0.2) is 30.7 Å². The summed E-state index contributed by atoms with van der Waals surface area (Å²) in [4.78, 5) is 23.2. The van der Waals surface area contributed by atoms with Crippen molar-refractivity contribution in [1.82, 2.24) is 24.8 Å². The number of carbonyl (C=O) groups excluding carboxylic acids is 1. The van der Waals surface area contributed by atoms with Gasteiger partial charge < -0.3 is 9.88 Å². The minimum absolute atomic E-state index is 0.133. The van der Waals surface area contributed by atoms with Crippen LogP contribution in [0, 0.1) is 5.92 Å². The lowest BCUT2D eigenvalue weighted by molar-refractivity contribution is 0.0946. The molecule has 1 N–H and O–H groups in total. The van der Waals surface area contributed by atoms with Crippen molar-refractivity contribution in [2.45, 2.75) is 33.5 Å². The van der Waals surface area contributed by atoms with Crippen molar-refractivity contribution in [2.24, 2.45) is 5.92 Å². The van der Waals surface area contributed by atoms with E-state index in [0.29, 0.717) is 18.2 Å². The van der Waals surface area contributed by atoms with Crippen molar-refractivity contribution in [3.63, 3.8) is 0 Å². The van der Waals surface area contributed by atoms with Gasteiger partial charge in [-0.15, -0.1) is 0 Å². The molecule has 1 aliphatic rings. The van der Waals surface area contributed by atoms with Crippen LogP contribution in [0.5, 0.6) is 0 Å². The molecule has 6 nitrogen and oxygen atoms in total. The maximum atomic E-state index is 12.3. The number of hydrogen-bond acceptors (Lipinski definition) is 4. The van der Waals surface area contributed by atoms with Gasteiger partial charge in [0.05, 0.1) is 6.54 Å². The number of hydrogen-bond donors (Lipinski definition) is 1. The first-order chi connectivity index (χ1) is 11.1. The Morgan fingerprint density at radius 2 is 2.26 bits per heavy atom. The lowest BCUT2D eigenvalue weighted by atomic mass is 10.2. The van der Waals surface area contributed by atoms with Crippen LogP contribution in [0.1, 0.15) is 35.7 Å². The molecule has 0 saturated heterocycles. The van der Waals surface area contributed by atoms with Gasteiger partial charge in [0, 0.05) is 44.8 Å². The van der Waals surface area contributed by atoms with Crippen LogP contribution in [0.25, 0.3) is 0 Å². The van der Waals surface area contributed by atoms with Gasteiger partial charge in [-0.2, -0.15) is 0 Å². The average molecular weight is 313 g/mol. The molecule has 2 aromatic rings. The SMILES string of the molecule is CC(C)CN1CCn2cc(C(=O)NCc3cccnc3)nc2C1. The van der Waals surface area contributed by atoms with Gasteiger partial charge in [-0.1, -0.05) is 19.9 Å². The van der Waals surface area contributed by atoms with E-state index in [0.717, 1.165) is 37.6 Å². The molecule has 1 aliphatic heterocycles. The van der Waals surface area contributed by atoms with E-state index in [1.807, 2.05) is 18.3 Å². The smallest absolute Gasteiger partial charge is 0.271 e. The van der Waals surface area contributed by atoms with Crippen molar-refractivity contribution in [2.75, 3.05) is 13.1 Å². The third-order valence-electron chi connectivity index (χ3n) is 3.91. The maximum absolute atomic E-state index is 12.3. The Kier molecular flexibility index (Phi) is 4.71. The third kappa shape index (κ3) is 3.96. The fourth-order valence-corrected chi connectivity index (χ4v) is 2.86. The van der Waals surface area contributed by atoms with Crippen LogP contribution < -0.4 is 5.32 Å². The van der Waals surface area contributed by atoms with Crippen molar-refractivity contribution in [3.8, 4) is 0 Å². The van der Waals surface area contributed by atoms with Gasteiger partial charge in [0.25, 0.3) is 5.91 Å². The Morgan fingerprint density at radius 1 is 1.39 bits per heavy atom. The van der Waals surface area contributed by atoms with Gasteiger partial charge in [-0.3, -0.25) is 14.7 Å². The monoisotopic (exact) mass is 313 g/mol. The van der Waals surface area contributed by atoms with E-state index < -0.39 is 0 Å². The van der Waals surface area contributed by atoms with Crippen LogP contribution in [-0.2, 0) is 19.6 Å². The van der Waals surface area contributed by atoms with E-state index in [2.05, 4.69) is 38.6 Å². The summed E-state index contributed by atoms with van der Waals surface area (Å²) in [5, 5.41) is 2.90. The van der Waals surface area contributed by atoms with Gasteiger partial charge in [0.1, 0.15) is 11.5 Å². The summed E-state index contributed by atoms with van der Waals surface area (Å²) in [6.07, 6.45) is 5.33. The molecule has 0 saturated carbocycles. The standard InChI is InChI=1S/C17H23N5O/c1-13(2)10-21-6-7-22-11-15(20-16(22)12-21)17(23)19-9-14-4-3-5-18-8-14/h3-5,8,11,13H,6-7,9-10,12H2,1-2H3,(H,19,23). The Hall–Kier alpha value is -2.21. The number of amides is 1. The zero-order valence-corrected chi connectivity index (χ0v) is 13.7. The van der Waals surface area contributed by atoms with E-state index in [1.165, 1.54) is 0 Å². The molecular formula is C17H23N5O. The summed E-state index contributed by atoms with van der Waals surface area (Å²) in [5.74, 6) is 1.48. The molecule has 2 aromatic heterocycles. The molecule has 0 spiro atoms. The van der Waals surface area contributed by atoms with Crippen molar-refractivity contribution < 1.29 is 4.79 Å². The fraction of sp³-hybridized carbons (Fsp3) is 0.471. The first-order valence-electron chi connectivity index (χ1n) is 8.07. The molecule has 0 atom stereocenters. The summed E-state index contributed by atoms with van der Waals surface area (Å²) >= 11 is 0. The van der Waals surface area contributed by atoms with Crippen LogP contribution >= 0.6 is 0 Å². The Morgan fingerprint density at radius 3 is 3.00 bits per heavy atom. The average Bonchev–Trinajstić information content (AvgIpc) is 2.96. The minimum atomic E-state index is -0.133. The van der Waals surface area contributed by atoms with E-state index in [-0.39, 0.29) is 5.91 Å². The summed E-state index contributed by atoms with van der Waals surface area (Å²) in [7, 11) is 0. The zero-order chi connectivity index (χ0) is 16.2. The lowest BCUT2D eigenvalue weighted by Crippen LogP contribution is -2.35. The Balaban J connectivity index is 1.61. The number of imidazole rings is 1. The van der Waals surface area contributed by atoms with E-state index in [4.69, 9.17) is 0 Å². The van der Waals surface area contributed by atoms with E-state index in [9.17, 15) is 4.79 Å². The number of carbonyl (C=O) groups is 1. The van der Waals surface area contributed by atoms with Gasteiger partial charge in [-0.05, 0) is 17.5 Å². The zero-order valence-electron chi connectivity index (χ0n) is 13.7. The third-order valence-corrected chi connectivity index (χ3v) is 3.91. The number of nitrogens with one attached hydrogen (secondary N) is 1. The molecule has 0 unspecified atom stereocenters. The molecule has 0 aromatic carbocycles. The normalized spacial score (nSPS) is 14.7. The second kappa shape index (κ2) is 6.91. The molecule has 23 heavy (non-hydrogen) atoms. The predicted molar refractivity (Wildman–Crippen MR) is 87.7 cm³/mol. The maximum Gasteiger partial charge on any atom is 0.271 e. The second-order valence-electron chi connectivity index (χ2n) is 6.41. The molecule has 3 heterocycles. The molecule has 6 heteroatoms. The quantitative estimate of drug-likeness (QED) is 0.912. The largest absolute Gasteiger partial charge is 0.347 e. The first-order valence-corrected chi connectivity index (χ1v) is 8.07. The highest BCUT2D eigenvalue weighted by atomic mass is 16.1. The highest BCUT2D eigenvalue weighted by Gasteiger charge is 2.21. The van der Waals surface area contributed by atoms with Crippen molar-refractivity contribution in [1.29, 1.82) is 0 Å². The number of pyridine rings is 1. The molecule has 3 rings (SSSR count). The number of aromatic nitrogens is 3. The molecule has 0 fully saturated rings. The second-order valence-corrected chi connectivity index (χ2v) is 6.41. The summed E-state index contributed by atoms with van der Waals surface area (Å²) in [5.41, 5.74) is 1.48. The van der Waals surface area contributed by atoms with Crippen LogP contribution in [0.4, 0.5) is 0 Å². The molecule has 0 radical (unpaired) electrons. The highest BCUT2D eigenvalue weighted by Crippen LogP contribution is 2.14. The van der Waals surface area contributed by atoms with E-state index >= 15 is 0 Å². The number of nitrogens with zero attached hydrogens (tertiary/aromatic N) is 4. The van der Waals surface area contributed by atoms with Crippen molar-refractivity contribution in [3.05, 3.63) is 47.8 Å². The van der Waals surface area contributed by atoms with Crippen molar-refractivity contribution >= 4 is 5.91 Å². The highest BCUT2D eigenvalue weighted by molar-refractivity contribution is 5.92. The fourth-order valence-electron chi connectivity index (χ4n) is 2.86. The minimum Gasteiger partial charge on any atom is -0.347 e. The molecule has 0 aliphatic carbocycles. The van der Waals surface area contributed by atoms with Gasteiger partial charge in [0.2, 0.25) is 0 Å². The number of rotatable bonds is 5. The van der Waals surface area contributed by atoms with E-state index in [1.54, 1.807) is 12.4 Å². The molecule has 1 amide bonds. The Labute approximate surface area is 136 Å². The molecule has 0 bridgehead atoms. The van der Waals surface area contributed by atoms with Gasteiger partial charge in [0.15, 0.2) is 0 Å². The molecular weight excluding hydrogens is 290 g/mol.